The molecule has 106 valence electrons. The van der Waals surface area contributed by atoms with Gasteiger partial charge in [0.1, 0.15) is 0 Å². The van der Waals surface area contributed by atoms with Crippen molar-refractivity contribution in [2.75, 3.05) is 26.2 Å². The van der Waals surface area contributed by atoms with E-state index in [4.69, 9.17) is 0 Å². The Balaban J connectivity index is 1.92. The lowest BCUT2D eigenvalue weighted by atomic mass is 9.72. The Bertz CT molecular complexity index is 235. The summed E-state index contributed by atoms with van der Waals surface area (Å²) in [4.78, 5) is 2.71. The van der Waals surface area contributed by atoms with Crippen molar-refractivity contribution in [3.8, 4) is 0 Å². The molecule has 1 heterocycles. The summed E-state index contributed by atoms with van der Waals surface area (Å²) in [5.41, 5.74) is 0. The van der Waals surface area contributed by atoms with Crippen molar-refractivity contribution in [3.05, 3.63) is 0 Å². The zero-order valence-corrected chi connectivity index (χ0v) is 12.6. The van der Waals surface area contributed by atoms with Gasteiger partial charge in [0.15, 0.2) is 0 Å². The average Bonchev–Trinajstić information content (AvgIpc) is 2.83. The standard InChI is InChI=1S/C16H32N2/c1-4-7-17-16-11-13(2)10-14(3)15(16)12-18-8-5-6-9-18/h13-17H,4-12H2,1-3H3. The van der Waals surface area contributed by atoms with E-state index in [0.29, 0.717) is 0 Å². The van der Waals surface area contributed by atoms with Gasteiger partial charge in [0.2, 0.25) is 0 Å². The van der Waals surface area contributed by atoms with Crippen molar-refractivity contribution in [3.63, 3.8) is 0 Å². The Hall–Kier alpha value is -0.0800. The molecular weight excluding hydrogens is 220 g/mol. The van der Waals surface area contributed by atoms with E-state index in [1.165, 1.54) is 58.3 Å². The zero-order chi connectivity index (χ0) is 13.0. The number of hydrogen-bond donors (Lipinski definition) is 1. The van der Waals surface area contributed by atoms with E-state index in [0.717, 1.165) is 23.8 Å². The van der Waals surface area contributed by atoms with E-state index < -0.39 is 0 Å². The van der Waals surface area contributed by atoms with Crippen molar-refractivity contribution in [2.45, 2.75) is 58.9 Å². The van der Waals surface area contributed by atoms with Gasteiger partial charge in [-0.25, -0.2) is 0 Å². The summed E-state index contributed by atoms with van der Waals surface area (Å²) in [6, 6.07) is 0.768. The molecule has 1 saturated carbocycles. The van der Waals surface area contributed by atoms with Crippen molar-refractivity contribution in [2.24, 2.45) is 17.8 Å². The van der Waals surface area contributed by atoms with Crippen LogP contribution in [0.3, 0.4) is 0 Å². The minimum atomic E-state index is 0.768. The highest BCUT2D eigenvalue weighted by molar-refractivity contribution is 4.89. The Labute approximate surface area is 114 Å². The van der Waals surface area contributed by atoms with Gasteiger partial charge in [-0.3, -0.25) is 0 Å². The van der Waals surface area contributed by atoms with E-state index >= 15 is 0 Å². The molecule has 1 aliphatic carbocycles. The van der Waals surface area contributed by atoms with Gasteiger partial charge in [-0.15, -0.1) is 0 Å². The summed E-state index contributed by atoms with van der Waals surface area (Å²) in [5, 5.41) is 3.83. The number of nitrogens with zero attached hydrogens (tertiary/aromatic N) is 1. The van der Waals surface area contributed by atoms with Crippen LogP contribution in [0.4, 0.5) is 0 Å². The highest BCUT2D eigenvalue weighted by atomic mass is 15.1. The molecule has 0 aromatic heterocycles. The van der Waals surface area contributed by atoms with Gasteiger partial charge in [0, 0.05) is 12.6 Å². The van der Waals surface area contributed by atoms with E-state index in [1.807, 2.05) is 0 Å². The molecule has 0 aromatic carbocycles. The van der Waals surface area contributed by atoms with Gasteiger partial charge in [-0.2, -0.15) is 0 Å². The lowest BCUT2D eigenvalue weighted by Gasteiger charge is -2.42. The predicted molar refractivity (Wildman–Crippen MR) is 78.8 cm³/mol. The van der Waals surface area contributed by atoms with Crippen LogP contribution in [0.25, 0.3) is 0 Å². The maximum absolute atomic E-state index is 3.83. The second kappa shape index (κ2) is 6.91. The van der Waals surface area contributed by atoms with Crippen LogP contribution in [0.5, 0.6) is 0 Å². The van der Waals surface area contributed by atoms with Crippen LogP contribution in [0.1, 0.15) is 52.9 Å². The first-order valence-corrected chi connectivity index (χ1v) is 8.16. The van der Waals surface area contributed by atoms with Gasteiger partial charge < -0.3 is 10.2 Å². The second-order valence-electron chi connectivity index (χ2n) is 6.79. The second-order valence-corrected chi connectivity index (χ2v) is 6.79. The Morgan fingerprint density at radius 1 is 1.11 bits per heavy atom. The molecule has 2 fully saturated rings. The number of nitrogens with one attached hydrogen (secondary N) is 1. The van der Waals surface area contributed by atoms with E-state index in [9.17, 15) is 0 Å². The van der Waals surface area contributed by atoms with Crippen molar-refractivity contribution < 1.29 is 0 Å². The minimum absolute atomic E-state index is 0.768. The molecule has 2 heteroatoms. The molecule has 0 bridgehead atoms. The third-order valence-electron chi connectivity index (χ3n) is 5.00. The Morgan fingerprint density at radius 3 is 2.50 bits per heavy atom. The lowest BCUT2D eigenvalue weighted by Crippen LogP contribution is -2.48. The molecule has 0 radical (unpaired) electrons. The highest BCUT2D eigenvalue weighted by Crippen LogP contribution is 2.34. The molecule has 4 atom stereocenters. The summed E-state index contributed by atoms with van der Waals surface area (Å²) in [6.45, 7) is 12.4. The van der Waals surface area contributed by atoms with Crippen LogP contribution in [-0.4, -0.2) is 37.1 Å². The topological polar surface area (TPSA) is 15.3 Å². The summed E-state index contributed by atoms with van der Waals surface area (Å²) in [5.74, 6) is 2.68. The Morgan fingerprint density at radius 2 is 1.83 bits per heavy atom. The summed E-state index contributed by atoms with van der Waals surface area (Å²) >= 11 is 0. The van der Waals surface area contributed by atoms with Gasteiger partial charge in [0.05, 0.1) is 0 Å². The number of likely N-dealkylation sites (tertiary alicyclic amines) is 1. The first-order valence-electron chi connectivity index (χ1n) is 8.16. The Kier molecular flexibility index (Phi) is 5.50. The number of rotatable bonds is 5. The fourth-order valence-electron chi connectivity index (χ4n) is 4.05. The molecule has 0 aromatic rings. The normalized spacial score (nSPS) is 38.2. The van der Waals surface area contributed by atoms with Gasteiger partial charge >= 0.3 is 0 Å². The van der Waals surface area contributed by atoms with Crippen molar-refractivity contribution >= 4 is 0 Å². The molecule has 0 amide bonds. The van der Waals surface area contributed by atoms with E-state index in [1.54, 1.807) is 0 Å². The average molecular weight is 252 g/mol. The molecule has 0 spiro atoms. The van der Waals surface area contributed by atoms with Gasteiger partial charge in [-0.1, -0.05) is 20.8 Å². The molecule has 2 rings (SSSR count). The molecule has 2 aliphatic rings. The van der Waals surface area contributed by atoms with Crippen LogP contribution >= 0.6 is 0 Å². The first-order chi connectivity index (χ1) is 8.70. The van der Waals surface area contributed by atoms with E-state index in [2.05, 4.69) is 31.0 Å². The summed E-state index contributed by atoms with van der Waals surface area (Å²) in [6.07, 6.45) is 6.93. The largest absolute Gasteiger partial charge is 0.314 e. The third-order valence-corrected chi connectivity index (χ3v) is 5.00. The fourth-order valence-corrected chi connectivity index (χ4v) is 4.05. The molecule has 4 unspecified atom stereocenters. The molecule has 1 saturated heterocycles. The predicted octanol–water partition coefficient (Wildman–Crippen LogP) is 3.13. The molecule has 18 heavy (non-hydrogen) atoms. The maximum Gasteiger partial charge on any atom is 0.0113 e. The fraction of sp³-hybridized carbons (Fsp3) is 1.00. The van der Waals surface area contributed by atoms with Crippen molar-refractivity contribution in [1.82, 2.24) is 10.2 Å². The molecular formula is C16H32N2. The monoisotopic (exact) mass is 252 g/mol. The first kappa shape index (κ1) is 14.3. The van der Waals surface area contributed by atoms with E-state index in [-0.39, 0.29) is 0 Å². The van der Waals surface area contributed by atoms with Gasteiger partial charge in [0.25, 0.3) is 0 Å². The van der Waals surface area contributed by atoms with Crippen LogP contribution < -0.4 is 5.32 Å². The highest BCUT2D eigenvalue weighted by Gasteiger charge is 2.34. The maximum atomic E-state index is 3.83. The molecule has 1 N–H and O–H groups in total. The van der Waals surface area contributed by atoms with Crippen LogP contribution in [0.2, 0.25) is 0 Å². The number of hydrogen-bond acceptors (Lipinski definition) is 2. The minimum Gasteiger partial charge on any atom is -0.314 e. The zero-order valence-electron chi connectivity index (χ0n) is 12.6. The smallest absolute Gasteiger partial charge is 0.0113 e. The lowest BCUT2D eigenvalue weighted by molar-refractivity contribution is 0.111. The van der Waals surface area contributed by atoms with Gasteiger partial charge in [-0.05, 0) is 69.5 Å². The summed E-state index contributed by atoms with van der Waals surface area (Å²) in [7, 11) is 0. The molecule has 1 aliphatic heterocycles. The third kappa shape index (κ3) is 3.71. The SMILES string of the molecule is CCCNC1CC(C)CC(C)C1CN1CCCC1. The summed E-state index contributed by atoms with van der Waals surface area (Å²) < 4.78 is 0. The quantitative estimate of drug-likeness (QED) is 0.809. The van der Waals surface area contributed by atoms with Crippen LogP contribution in [0, 0.1) is 17.8 Å². The van der Waals surface area contributed by atoms with Crippen LogP contribution in [-0.2, 0) is 0 Å². The molecule has 2 nitrogen and oxygen atoms in total. The van der Waals surface area contributed by atoms with Crippen molar-refractivity contribution in [1.29, 1.82) is 0 Å². The van der Waals surface area contributed by atoms with Crippen LogP contribution in [0.15, 0.2) is 0 Å².